The third-order valence-electron chi connectivity index (χ3n) is 3.01. The van der Waals surface area contributed by atoms with Crippen LogP contribution in [0.15, 0.2) is 36.5 Å². The fourth-order valence-corrected chi connectivity index (χ4v) is 1.90. The maximum absolute atomic E-state index is 12.9. The lowest BCUT2D eigenvalue weighted by Gasteiger charge is -2.15. The molecule has 2 aromatic rings. The minimum Gasteiger partial charge on any atom is -0.251 e. The van der Waals surface area contributed by atoms with Gasteiger partial charge in [0.05, 0.1) is 11.1 Å². The molecule has 0 aliphatic carbocycles. The Kier molecular flexibility index (Phi) is 4.28. The molecule has 0 radical (unpaired) electrons. The van der Waals surface area contributed by atoms with Crippen LogP contribution in [-0.4, -0.2) is 4.98 Å². The van der Waals surface area contributed by atoms with E-state index in [1.807, 2.05) is 0 Å². The van der Waals surface area contributed by atoms with E-state index < -0.39 is 46.5 Å². The van der Waals surface area contributed by atoms with Crippen molar-refractivity contribution in [3.05, 3.63) is 53.3 Å². The standard InChI is InChI=1S/C14H6F9N/c15-12(16,17)8-3-1-7(2-4-8)10-5-9(13(18,19)20)6-24-11(10)14(21,22)23/h1-6H. The van der Waals surface area contributed by atoms with Crippen molar-refractivity contribution in [3.8, 4) is 11.1 Å². The van der Waals surface area contributed by atoms with Crippen molar-refractivity contribution in [1.82, 2.24) is 4.98 Å². The first-order valence-corrected chi connectivity index (χ1v) is 6.12. The van der Waals surface area contributed by atoms with E-state index >= 15 is 0 Å². The van der Waals surface area contributed by atoms with Gasteiger partial charge in [0, 0.05) is 11.8 Å². The van der Waals surface area contributed by atoms with Gasteiger partial charge in [0.15, 0.2) is 5.69 Å². The molecule has 1 aromatic carbocycles. The molecule has 0 fully saturated rings. The highest BCUT2D eigenvalue weighted by Gasteiger charge is 2.39. The number of nitrogens with zero attached hydrogens (tertiary/aromatic N) is 1. The molecule has 130 valence electrons. The second kappa shape index (κ2) is 5.67. The van der Waals surface area contributed by atoms with Gasteiger partial charge in [0.2, 0.25) is 0 Å². The summed E-state index contributed by atoms with van der Waals surface area (Å²) < 4.78 is 114. The van der Waals surface area contributed by atoms with Gasteiger partial charge in [0.25, 0.3) is 0 Å². The first-order chi connectivity index (χ1) is 10.8. The summed E-state index contributed by atoms with van der Waals surface area (Å²) in [5.74, 6) is 0. The summed E-state index contributed by atoms with van der Waals surface area (Å²) in [7, 11) is 0. The molecule has 0 saturated heterocycles. The number of benzene rings is 1. The number of hydrogen-bond acceptors (Lipinski definition) is 1. The van der Waals surface area contributed by atoms with Gasteiger partial charge in [-0.2, -0.15) is 39.5 Å². The van der Waals surface area contributed by atoms with Crippen LogP contribution in [0.25, 0.3) is 11.1 Å². The van der Waals surface area contributed by atoms with E-state index in [2.05, 4.69) is 4.98 Å². The normalized spacial score (nSPS) is 13.2. The van der Waals surface area contributed by atoms with Gasteiger partial charge in [-0.15, -0.1) is 0 Å². The van der Waals surface area contributed by atoms with Crippen molar-refractivity contribution >= 4 is 0 Å². The van der Waals surface area contributed by atoms with Crippen LogP contribution in [0, 0.1) is 0 Å². The van der Waals surface area contributed by atoms with Crippen molar-refractivity contribution in [2.24, 2.45) is 0 Å². The topological polar surface area (TPSA) is 12.9 Å². The highest BCUT2D eigenvalue weighted by Crippen LogP contribution is 2.40. The van der Waals surface area contributed by atoms with Gasteiger partial charge in [-0.05, 0) is 23.8 Å². The Hall–Kier alpha value is -2.26. The van der Waals surface area contributed by atoms with E-state index in [9.17, 15) is 39.5 Å². The maximum atomic E-state index is 12.9. The summed E-state index contributed by atoms with van der Waals surface area (Å²) in [6.07, 6.45) is -14.7. The number of halogens is 9. The first-order valence-electron chi connectivity index (χ1n) is 6.12. The molecule has 1 heterocycles. The highest BCUT2D eigenvalue weighted by atomic mass is 19.4. The van der Waals surface area contributed by atoms with Gasteiger partial charge in [0.1, 0.15) is 0 Å². The van der Waals surface area contributed by atoms with Gasteiger partial charge < -0.3 is 0 Å². The minimum absolute atomic E-state index is 0.0242. The molecule has 0 aliphatic heterocycles. The molecule has 0 spiro atoms. The molecule has 0 atom stereocenters. The Morgan fingerprint density at radius 3 is 1.54 bits per heavy atom. The average Bonchev–Trinajstić information content (AvgIpc) is 2.44. The van der Waals surface area contributed by atoms with Crippen LogP contribution in [0.3, 0.4) is 0 Å². The zero-order chi connectivity index (χ0) is 18.3. The smallest absolute Gasteiger partial charge is 0.251 e. The summed E-state index contributed by atoms with van der Waals surface area (Å²) >= 11 is 0. The Morgan fingerprint density at radius 2 is 1.12 bits per heavy atom. The summed E-state index contributed by atoms with van der Waals surface area (Å²) in [6, 6.07) is 2.49. The summed E-state index contributed by atoms with van der Waals surface area (Å²) in [4.78, 5) is 2.80. The Labute approximate surface area is 128 Å². The molecule has 0 bridgehead atoms. The molecular formula is C14H6F9N. The Balaban J connectivity index is 2.62. The van der Waals surface area contributed by atoms with Crippen LogP contribution in [0.5, 0.6) is 0 Å². The molecule has 24 heavy (non-hydrogen) atoms. The average molecular weight is 359 g/mol. The van der Waals surface area contributed by atoms with Gasteiger partial charge >= 0.3 is 18.5 Å². The maximum Gasteiger partial charge on any atom is 0.433 e. The van der Waals surface area contributed by atoms with Gasteiger partial charge in [-0.25, -0.2) is 0 Å². The van der Waals surface area contributed by atoms with Crippen molar-refractivity contribution < 1.29 is 39.5 Å². The summed E-state index contributed by atoms with van der Waals surface area (Å²) in [5, 5.41) is 0. The predicted octanol–water partition coefficient (Wildman–Crippen LogP) is 5.81. The van der Waals surface area contributed by atoms with Crippen molar-refractivity contribution in [2.45, 2.75) is 18.5 Å². The molecular weight excluding hydrogens is 353 g/mol. The van der Waals surface area contributed by atoms with Crippen molar-refractivity contribution in [1.29, 1.82) is 0 Å². The van der Waals surface area contributed by atoms with Crippen molar-refractivity contribution in [2.75, 3.05) is 0 Å². The minimum atomic E-state index is -5.07. The second-order valence-corrected chi connectivity index (χ2v) is 4.69. The predicted molar refractivity (Wildman–Crippen MR) is 64.7 cm³/mol. The van der Waals surface area contributed by atoms with E-state index in [4.69, 9.17) is 0 Å². The SMILES string of the molecule is FC(F)(F)c1ccc(-c2cc(C(F)(F)F)cnc2C(F)(F)F)cc1. The highest BCUT2D eigenvalue weighted by molar-refractivity contribution is 5.67. The van der Waals surface area contributed by atoms with Crippen LogP contribution >= 0.6 is 0 Å². The van der Waals surface area contributed by atoms with Crippen LogP contribution in [0.1, 0.15) is 16.8 Å². The van der Waals surface area contributed by atoms with Gasteiger partial charge in [-0.1, -0.05) is 12.1 Å². The van der Waals surface area contributed by atoms with Crippen LogP contribution in [0.2, 0.25) is 0 Å². The van der Waals surface area contributed by atoms with Crippen LogP contribution in [0.4, 0.5) is 39.5 Å². The van der Waals surface area contributed by atoms with Crippen LogP contribution in [-0.2, 0) is 18.5 Å². The molecule has 1 aromatic heterocycles. The number of rotatable bonds is 1. The zero-order valence-electron chi connectivity index (χ0n) is 11.3. The lowest BCUT2D eigenvalue weighted by molar-refractivity contribution is -0.144. The van der Waals surface area contributed by atoms with E-state index in [1.165, 1.54) is 0 Å². The van der Waals surface area contributed by atoms with Crippen LogP contribution < -0.4 is 0 Å². The largest absolute Gasteiger partial charge is 0.433 e. The van der Waals surface area contributed by atoms with E-state index in [1.54, 1.807) is 0 Å². The molecule has 10 heteroatoms. The number of hydrogen-bond donors (Lipinski definition) is 0. The number of pyridine rings is 1. The Bertz CT molecular complexity index is 724. The molecule has 0 unspecified atom stereocenters. The lowest BCUT2D eigenvalue weighted by Crippen LogP contribution is -2.13. The molecule has 0 saturated carbocycles. The third kappa shape index (κ3) is 3.80. The molecule has 2 rings (SSSR count). The lowest BCUT2D eigenvalue weighted by atomic mass is 10.00. The van der Waals surface area contributed by atoms with E-state index in [0.717, 1.165) is 0 Å². The Morgan fingerprint density at radius 1 is 0.625 bits per heavy atom. The zero-order valence-corrected chi connectivity index (χ0v) is 11.3. The second-order valence-electron chi connectivity index (χ2n) is 4.69. The molecule has 1 nitrogen and oxygen atoms in total. The van der Waals surface area contributed by atoms with E-state index in [-0.39, 0.29) is 12.3 Å². The molecule has 0 amide bonds. The van der Waals surface area contributed by atoms with Gasteiger partial charge in [-0.3, -0.25) is 4.98 Å². The van der Waals surface area contributed by atoms with Crippen molar-refractivity contribution in [3.63, 3.8) is 0 Å². The number of aromatic nitrogens is 1. The fraction of sp³-hybridized carbons (Fsp3) is 0.214. The summed E-state index contributed by atoms with van der Waals surface area (Å²) in [5.41, 5.74) is -5.61. The third-order valence-corrected chi connectivity index (χ3v) is 3.01. The molecule has 0 N–H and O–H groups in total. The molecule has 0 aliphatic rings. The summed E-state index contributed by atoms with van der Waals surface area (Å²) in [6.45, 7) is 0. The van der Waals surface area contributed by atoms with E-state index in [0.29, 0.717) is 24.3 Å². The monoisotopic (exact) mass is 359 g/mol. The fourth-order valence-electron chi connectivity index (χ4n) is 1.90. The first kappa shape index (κ1) is 18.1. The number of alkyl halides is 9. The quantitative estimate of drug-likeness (QED) is 0.586.